The summed E-state index contributed by atoms with van der Waals surface area (Å²) in [5.74, 6) is 0.786. The minimum absolute atomic E-state index is 0.0101. The van der Waals surface area contributed by atoms with E-state index >= 15 is 0 Å². The number of amides is 2. The lowest BCUT2D eigenvalue weighted by Gasteiger charge is -2.26. The molecule has 0 bridgehead atoms. The van der Waals surface area contributed by atoms with Gasteiger partial charge in [0.1, 0.15) is 6.04 Å². The first kappa shape index (κ1) is 14.0. The number of carbonyl (C=O) groups excluding carboxylic acids is 2. The molecule has 1 atom stereocenters. The normalized spacial score (nSPS) is 22.0. The number of nitrogens with one attached hydrogen (secondary N) is 1. The van der Waals surface area contributed by atoms with Crippen LogP contribution in [0.4, 0.5) is 0 Å². The van der Waals surface area contributed by atoms with Gasteiger partial charge in [0.05, 0.1) is 0 Å². The Kier molecular flexibility index (Phi) is 4.97. The number of rotatable bonds is 4. The largest absolute Gasteiger partial charge is 0.344 e. The molecular formula is C13H24N2O2. The highest BCUT2D eigenvalue weighted by molar-refractivity contribution is 5.90. The van der Waals surface area contributed by atoms with Crippen molar-refractivity contribution in [3.05, 3.63) is 0 Å². The zero-order chi connectivity index (χ0) is 13.0. The van der Waals surface area contributed by atoms with Crippen LogP contribution in [0.15, 0.2) is 0 Å². The fourth-order valence-electron chi connectivity index (χ4n) is 1.94. The third-order valence-electron chi connectivity index (χ3n) is 3.15. The number of nitrogens with zero attached hydrogens (tertiary/aromatic N) is 1. The maximum atomic E-state index is 12.3. The zero-order valence-corrected chi connectivity index (χ0v) is 11.3. The van der Waals surface area contributed by atoms with Crippen LogP contribution in [-0.2, 0) is 9.59 Å². The number of carbonyl (C=O) groups is 2. The predicted octanol–water partition coefficient (Wildman–Crippen LogP) is 1.41. The van der Waals surface area contributed by atoms with Crippen molar-refractivity contribution >= 4 is 11.8 Å². The third kappa shape index (κ3) is 4.02. The van der Waals surface area contributed by atoms with Crippen molar-refractivity contribution in [2.24, 2.45) is 11.8 Å². The molecule has 0 aromatic rings. The lowest BCUT2D eigenvalue weighted by Crippen LogP contribution is -2.48. The van der Waals surface area contributed by atoms with E-state index in [2.05, 4.69) is 19.2 Å². The Labute approximate surface area is 104 Å². The fraction of sp³-hybridized carbons (Fsp3) is 0.846. The van der Waals surface area contributed by atoms with E-state index in [1.807, 2.05) is 18.7 Å². The maximum Gasteiger partial charge on any atom is 0.245 e. The van der Waals surface area contributed by atoms with Crippen LogP contribution in [-0.4, -0.2) is 35.8 Å². The first-order valence-corrected chi connectivity index (χ1v) is 6.50. The molecule has 4 heteroatoms. The first-order chi connectivity index (χ1) is 7.91. The van der Waals surface area contributed by atoms with Crippen LogP contribution in [0.5, 0.6) is 0 Å². The SMILES string of the molecule is CC(C)CCN1CCC(=O)NC(C(C)C)C1=O. The second-order valence-corrected chi connectivity index (χ2v) is 5.55. The molecule has 1 unspecified atom stereocenters. The summed E-state index contributed by atoms with van der Waals surface area (Å²) < 4.78 is 0. The van der Waals surface area contributed by atoms with Gasteiger partial charge >= 0.3 is 0 Å². The number of hydrogen-bond acceptors (Lipinski definition) is 2. The van der Waals surface area contributed by atoms with Crippen molar-refractivity contribution in [3.63, 3.8) is 0 Å². The van der Waals surface area contributed by atoms with Crippen molar-refractivity contribution in [3.8, 4) is 0 Å². The Balaban J connectivity index is 2.69. The van der Waals surface area contributed by atoms with Crippen molar-refractivity contribution in [2.75, 3.05) is 13.1 Å². The molecule has 1 N–H and O–H groups in total. The summed E-state index contributed by atoms with van der Waals surface area (Å²) in [5, 5.41) is 2.82. The summed E-state index contributed by atoms with van der Waals surface area (Å²) in [6.07, 6.45) is 1.41. The zero-order valence-electron chi connectivity index (χ0n) is 11.3. The fourth-order valence-corrected chi connectivity index (χ4v) is 1.94. The van der Waals surface area contributed by atoms with E-state index in [-0.39, 0.29) is 23.8 Å². The van der Waals surface area contributed by atoms with Gasteiger partial charge in [-0.15, -0.1) is 0 Å². The molecule has 1 rings (SSSR count). The van der Waals surface area contributed by atoms with Gasteiger partial charge < -0.3 is 10.2 Å². The average Bonchev–Trinajstić information content (AvgIpc) is 2.37. The van der Waals surface area contributed by atoms with Gasteiger partial charge in [-0.3, -0.25) is 9.59 Å². The molecule has 0 aliphatic carbocycles. The number of hydrogen-bond donors (Lipinski definition) is 1. The smallest absolute Gasteiger partial charge is 0.245 e. The molecule has 0 radical (unpaired) electrons. The first-order valence-electron chi connectivity index (χ1n) is 6.50. The van der Waals surface area contributed by atoms with E-state index in [0.717, 1.165) is 13.0 Å². The van der Waals surface area contributed by atoms with Gasteiger partial charge in [0.15, 0.2) is 0 Å². The van der Waals surface area contributed by atoms with Gasteiger partial charge in [0.2, 0.25) is 11.8 Å². The molecule has 1 saturated heterocycles. The summed E-state index contributed by atoms with van der Waals surface area (Å²) >= 11 is 0. The van der Waals surface area contributed by atoms with E-state index in [0.29, 0.717) is 18.9 Å². The Morgan fingerprint density at radius 1 is 1.29 bits per heavy atom. The van der Waals surface area contributed by atoms with Gasteiger partial charge in [-0.05, 0) is 18.3 Å². The Morgan fingerprint density at radius 2 is 1.94 bits per heavy atom. The minimum Gasteiger partial charge on any atom is -0.344 e. The lowest BCUT2D eigenvalue weighted by molar-refractivity contribution is -0.134. The van der Waals surface area contributed by atoms with Gasteiger partial charge in [-0.2, -0.15) is 0 Å². The minimum atomic E-state index is -0.350. The summed E-state index contributed by atoms with van der Waals surface area (Å²) in [4.78, 5) is 25.6. The summed E-state index contributed by atoms with van der Waals surface area (Å²) in [6.45, 7) is 9.54. The monoisotopic (exact) mass is 240 g/mol. The molecule has 1 heterocycles. The van der Waals surface area contributed by atoms with Crippen LogP contribution in [0.2, 0.25) is 0 Å². The third-order valence-corrected chi connectivity index (χ3v) is 3.15. The average molecular weight is 240 g/mol. The molecule has 17 heavy (non-hydrogen) atoms. The van der Waals surface area contributed by atoms with Crippen molar-refractivity contribution < 1.29 is 9.59 Å². The molecule has 0 aromatic heterocycles. The molecular weight excluding hydrogens is 216 g/mol. The Bertz CT molecular complexity index is 287. The molecule has 2 amide bonds. The lowest BCUT2D eigenvalue weighted by atomic mass is 10.0. The van der Waals surface area contributed by atoms with Crippen LogP contribution < -0.4 is 5.32 Å². The van der Waals surface area contributed by atoms with Crippen LogP contribution in [0.25, 0.3) is 0 Å². The molecule has 98 valence electrons. The molecule has 0 saturated carbocycles. The van der Waals surface area contributed by atoms with Gasteiger partial charge in [0, 0.05) is 19.5 Å². The van der Waals surface area contributed by atoms with Crippen molar-refractivity contribution in [2.45, 2.75) is 46.6 Å². The molecule has 0 aromatic carbocycles. The van der Waals surface area contributed by atoms with Gasteiger partial charge in [0.25, 0.3) is 0 Å². The topological polar surface area (TPSA) is 49.4 Å². The highest BCUT2D eigenvalue weighted by atomic mass is 16.2. The Morgan fingerprint density at radius 3 is 2.47 bits per heavy atom. The quantitative estimate of drug-likeness (QED) is 0.807. The van der Waals surface area contributed by atoms with E-state index in [4.69, 9.17) is 0 Å². The van der Waals surface area contributed by atoms with E-state index in [9.17, 15) is 9.59 Å². The van der Waals surface area contributed by atoms with E-state index in [1.165, 1.54) is 0 Å². The van der Waals surface area contributed by atoms with Crippen LogP contribution in [0, 0.1) is 11.8 Å². The van der Waals surface area contributed by atoms with E-state index < -0.39 is 0 Å². The molecule has 4 nitrogen and oxygen atoms in total. The second kappa shape index (κ2) is 6.03. The van der Waals surface area contributed by atoms with Crippen LogP contribution in [0.3, 0.4) is 0 Å². The summed E-state index contributed by atoms with van der Waals surface area (Å²) in [6, 6.07) is -0.350. The van der Waals surface area contributed by atoms with Crippen molar-refractivity contribution in [1.82, 2.24) is 10.2 Å². The van der Waals surface area contributed by atoms with Crippen molar-refractivity contribution in [1.29, 1.82) is 0 Å². The van der Waals surface area contributed by atoms with Gasteiger partial charge in [-0.25, -0.2) is 0 Å². The predicted molar refractivity (Wildman–Crippen MR) is 67.4 cm³/mol. The molecule has 1 aliphatic heterocycles. The van der Waals surface area contributed by atoms with Gasteiger partial charge in [-0.1, -0.05) is 27.7 Å². The standard InChI is InChI=1S/C13H24N2O2/c1-9(2)5-7-15-8-6-11(16)14-12(10(3)4)13(15)17/h9-10,12H,5-8H2,1-4H3,(H,14,16). The molecule has 0 spiro atoms. The summed E-state index contributed by atoms with van der Waals surface area (Å²) in [7, 11) is 0. The summed E-state index contributed by atoms with van der Waals surface area (Å²) in [5.41, 5.74) is 0. The second-order valence-electron chi connectivity index (χ2n) is 5.55. The molecule has 1 fully saturated rings. The highest BCUT2D eigenvalue weighted by Gasteiger charge is 2.31. The van der Waals surface area contributed by atoms with Crippen LogP contribution >= 0.6 is 0 Å². The maximum absolute atomic E-state index is 12.3. The molecule has 1 aliphatic rings. The highest BCUT2D eigenvalue weighted by Crippen LogP contribution is 2.12. The van der Waals surface area contributed by atoms with E-state index in [1.54, 1.807) is 0 Å². The Hall–Kier alpha value is -1.06. The van der Waals surface area contributed by atoms with Crippen LogP contribution in [0.1, 0.15) is 40.5 Å².